The second kappa shape index (κ2) is 11.0. The van der Waals surface area contributed by atoms with Crippen molar-refractivity contribution in [3.05, 3.63) is 71.8 Å². The molecule has 8 heteroatoms. The molecular weight excluding hydrogens is 448 g/mol. The van der Waals surface area contributed by atoms with Crippen LogP contribution in [-0.2, 0) is 15.2 Å². The molecule has 3 aromatic rings. The van der Waals surface area contributed by atoms with Gasteiger partial charge in [-0.05, 0) is 17.7 Å². The average Bonchev–Trinajstić information content (AvgIpc) is 2.93. The lowest BCUT2D eigenvalue weighted by Gasteiger charge is -2.28. The van der Waals surface area contributed by atoms with Gasteiger partial charge >= 0.3 is 0 Å². The summed E-state index contributed by atoms with van der Waals surface area (Å²) >= 11 is 1.61. The number of anilines is 1. The highest BCUT2D eigenvalue weighted by molar-refractivity contribution is 7.98. The number of morpholine rings is 2. The van der Waals surface area contributed by atoms with Crippen molar-refractivity contribution < 1.29 is 14.3 Å². The summed E-state index contributed by atoms with van der Waals surface area (Å²) in [5.74, 6) is 1.73. The van der Waals surface area contributed by atoms with Crippen molar-refractivity contribution in [2.75, 3.05) is 57.5 Å². The predicted molar refractivity (Wildman–Crippen MR) is 133 cm³/mol. The fourth-order valence-corrected chi connectivity index (χ4v) is 4.84. The van der Waals surface area contributed by atoms with Crippen molar-refractivity contribution >= 4 is 23.5 Å². The number of thioether (sulfide) groups is 1. The van der Waals surface area contributed by atoms with Gasteiger partial charge in [0.25, 0.3) is 5.91 Å². The summed E-state index contributed by atoms with van der Waals surface area (Å²) in [5.41, 5.74) is 3.84. The maximum Gasteiger partial charge on any atom is 0.254 e. The van der Waals surface area contributed by atoms with Crippen LogP contribution in [0.2, 0.25) is 0 Å². The molecule has 5 rings (SSSR count). The first-order chi connectivity index (χ1) is 16.8. The molecule has 2 aromatic carbocycles. The van der Waals surface area contributed by atoms with Crippen LogP contribution in [-0.4, -0.2) is 73.4 Å². The molecule has 1 amide bonds. The Morgan fingerprint density at radius 3 is 2.24 bits per heavy atom. The van der Waals surface area contributed by atoms with Crippen LogP contribution in [0.5, 0.6) is 0 Å². The van der Waals surface area contributed by atoms with E-state index in [2.05, 4.69) is 23.1 Å². The fourth-order valence-electron chi connectivity index (χ4n) is 4.03. The monoisotopic (exact) mass is 476 g/mol. The van der Waals surface area contributed by atoms with Gasteiger partial charge in [-0.3, -0.25) is 4.79 Å². The van der Waals surface area contributed by atoms with Gasteiger partial charge in [-0.25, -0.2) is 9.97 Å². The van der Waals surface area contributed by atoms with E-state index in [-0.39, 0.29) is 5.91 Å². The molecule has 34 heavy (non-hydrogen) atoms. The number of ether oxygens (including phenoxy) is 2. The molecule has 0 unspecified atom stereocenters. The number of aromatic nitrogens is 2. The minimum Gasteiger partial charge on any atom is -0.378 e. The zero-order valence-corrected chi connectivity index (χ0v) is 19.9. The molecule has 1 aromatic heterocycles. The van der Waals surface area contributed by atoms with Crippen LogP contribution < -0.4 is 4.90 Å². The molecule has 2 aliphatic heterocycles. The fraction of sp³-hybridized carbons (Fsp3) is 0.346. The van der Waals surface area contributed by atoms with Crippen molar-refractivity contribution in [3.63, 3.8) is 0 Å². The van der Waals surface area contributed by atoms with Crippen LogP contribution in [0.3, 0.4) is 0 Å². The lowest BCUT2D eigenvalue weighted by molar-refractivity contribution is 0.0303. The highest BCUT2D eigenvalue weighted by Gasteiger charge is 2.19. The Hall–Kier alpha value is -2.94. The second-order valence-electron chi connectivity index (χ2n) is 8.25. The zero-order chi connectivity index (χ0) is 23.2. The maximum absolute atomic E-state index is 12.7. The van der Waals surface area contributed by atoms with Gasteiger partial charge in [0.15, 0.2) is 5.16 Å². The summed E-state index contributed by atoms with van der Waals surface area (Å²) in [6, 6.07) is 20.1. The number of carbonyl (C=O) groups is 1. The topological polar surface area (TPSA) is 67.8 Å². The molecule has 7 nitrogen and oxygen atoms in total. The first-order valence-electron chi connectivity index (χ1n) is 11.6. The van der Waals surface area contributed by atoms with Crippen LogP contribution >= 0.6 is 11.8 Å². The first kappa shape index (κ1) is 22.8. The molecule has 0 N–H and O–H groups in total. The van der Waals surface area contributed by atoms with Crippen LogP contribution in [0.1, 0.15) is 15.9 Å². The largest absolute Gasteiger partial charge is 0.378 e. The van der Waals surface area contributed by atoms with Crippen LogP contribution in [0.25, 0.3) is 11.3 Å². The molecule has 0 aliphatic carbocycles. The van der Waals surface area contributed by atoms with Crippen LogP contribution in [0.4, 0.5) is 5.82 Å². The number of amides is 1. The lowest BCUT2D eigenvalue weighted by atomic mass is 10.1. The van der Waals surface area contributed by atoms with E-state index in [1.54, 1.807) is 11.8 Å². The van der Waals surface area contributed by atoms with E-state index < -0.39 is 0 Å². The minimum atomic E-state index is 0.0663. The molecule has 0 radical (unpaired) electrons. The molecule has 3 heterocycles. The normalized spacial score (nSPS) is 16.5. The van der Waals surface area contributed by atoms with E-state index in [4.69, 9.17) is 19.4 Å². The molecule has 0 saturated carbocycles. The van der Waals surface area contributed by atoms with E-state index in [0.29, 0.717) is 45.1 Å². The molecule has 2 aliphatic rings. The summed E-state index contributed by atoms with van der Waals surface area (Å²) in [5, 5.41) is 0.747. The molecule has 2 saturated heterocycles. The summed E-state index contributed by atoms with van der Waals surface area (Å²) in [6.07, 6.45) is 0. The van der Waals surface area contributed by atoms with Gasteiger partial charge in [0.1, 0.15) is 5.82 Å². The zero-order valence-electron chi connectivity index (χ0n) is 19.1. The number of benzene rings is 2. The maximum atomic E-state index is 12.7. The first-order valence-corrected chi connectivity index (χ1v) is 12.6. The van der Waals surface area contributed by atoms with Gasteiger partial charge in [-0.1, -0.05) is 54.2 Å². The van der Waals surface area contributed by atoms with Crippen molar-refractivity contribution in [3.8, 4) is 11.3 Å². The third-order valence-corrected chi connectivity index (χ3v) is 6.88. The smallest absolute Gasteiger partial charge is 0.254 e. The summed E-state index contributed by atoms with van der Waals surface area (Å²) in [6.45, 7) is 5.59. The molecule has 2 fully saturated rings. The summed E-state index contributed by atoms with van der Waals surface area (Å²) in [4.78, 5) is 26.5. The molecule has 0 bridgehead atoms. The van der Waals surface area contributed by atoms with Crippen molar-refractivity contribution in [2.24, 2.45) is 0 Å². The average molecular weight is 477 g/mol. The quantitative estimate of drug-likeness (QED) is 0.397. The van der Waals surface area contributed by atoms with Gasteiger partial charge in [-0.15, -0.1) is 0 Å². The number of rotatable bonds is 6. The SMILES string of the molecule is O=C(c1ccc(CSc2nc(-c3ccccc3)cc(N3CCOCC3)n2)cc1)N1CCOCC1. The molecule has 176 valence electrons. The van der Waals surface area contributed by atoms with E-state index in [1.165, 1.54) is 0 Å². The van der Waals surface area contributed by atoms with E-state index >= 15 is 0 Å². The van der Waals surface area contributed by atoms with Crippen molar-refractivity contribution in [1.82, 2.24) is 14.9 Å². The van der Waals surface area contributed by atoms with Gasteiger partial charge in [-0.2, -0.15) is 0 Å². The third kappa shape index (κ3) is 5.58. The second-order valence-corrected chi connectivity index (χ2v) is 9.19. The summed E-state index contributed by atoms with van der Waals surface area (Å²) in [7, 11) is 0. The number of carbonyl (C=O) groups excluding carboxylic acids is 1. The lowest BCUT2D eigenvalue weighted by Crippen LogP contribution is -2.40. The van der Waals surface area contributed by atoms with Crippen molar-refractivity contribution in [2.45, 2.75) is 10.9 Å². The number of hydrogen-bond donors (Lipinski definition) is 0. The van der Waals surface area contributed by atoms with E-state index in [0.717, 1.165) is 46.6 Å². The Morgan fingerprint density at radius 1 is 0.853 bits per heavy atom. The molecule has 0 atom stereocenters. The highest BCUT2D eigenvalue weighted by atomic mass is 32.2. The Kier molecular flexibility index (Phi) is 7.38. The van der Waals surface area contributed by atoms with Gasteiger partial charge < -0.3 is 19.3 Å². The summed E-state index contributed by atoms with van der Waals surface area (Å²) < 4.78 is 10.9. The third-order valence-electron chi connectivity index (χ3n) is 5.96. The Bertz CT molecular complexity index is 1100. The molecule has 0 spiro atoms. The van der Waals surface area contributed by atoms with Gasteiger partial charge in [0.2, 0.25) is 0 Å². The Balaban J connectivity index is 1.31. The standard InChI is InChI=1S/C26H28N4O3S/c31-25(30-12-16-33-17-13-30)22-8-6-20(7-9-22)19-34-26-27-23(21-4-2-1-3-5-21)18-24(28-26)29-10-14-32-15-11-29/h1-9,18H,10-17,19H2. The Morgan fingerprint density at radius 2 is 1.53 bits per heavy atom. The highest BCUT2D eigenvalue weighted by Crippen LogP contribution is 2.28. The minimum absolute atomic E-state index is 0.0663. The van der Waals surface area contributed by atoms with Gasteiger partial charge in [0.05, 0.1) is 32.1 Å². The Labute approximate surface area is 204 Å². The van der Waals surface area contributed by atoms with Crippen LogP contribution in [0, 0.1) is 0 Å². The predicted octanol–water partition coefficient (Wildman–Crippen LogP) is 3.74. The van der Waals surface area contributed by atoms with Crippen molar-refractivity contribution in [1.29, 1.82) is 0 Å². The van der Waals surface area contributed by atoms with E-state index in [1.807, 2.05) is 47.4 Å². The molecular formula is C26H28N4O3S. The number of hydrogen-bond acceptors (Lipinski definition) is 7. The van der Waals surface area contributed by atoms with Crippen LogP contribution in [0.15, 0.2) is 65.8 Å². The van der Waals surface area contributed by atoms with E-state index in [9.17, 15) is 4.79 Å². The number of nitrogens with zero attached hydrogens (tertiary/aromatic N) is 4. The van der Waals surface area contributed by atoms with Gasteiger partial charge in [0, 0.05) is 49.1 Å².